The van der Waals surface area contributed by atoms with E-state index in [2.05, 4.69) is 22.4 Å². The van der Waals surface area contributed by atoms with Gasteiger partial charge in [0, 0.05) is 43.7 Å². The van der Waals surface area contributed by atoms with Crippen LogP contribution in [-0.4, -0.2) is 64.6 Å². The molecule has 1 aliphatic heterocycles. The van der Waals surface area contributed by atoms with Gasteiger partial charge in [0.05, 0.1) is 16.3 Å². The number of fused-ring (bicyclic) bond motifs is 1. The topological polar surface area (TPSA) is 70.5 Å². The maximum absolute atomic E-state index is 12.9. The van der Waals surface area contributed by atoms with Crippen LogP contribution in [0, 0.1) is 6.92 Å². The molecule has 1 aliphatic rings. The van der Waals surface area contributed by atoms with Gasteiger partial charge in [-0.2, -0.15) is 5.10 Å². The van der Waals surface area contributed by atoms with Crippen molar-refractivity contribution in [2.75, 3.05) is 33.2 Å². The number of rotatable bonds is 5. The first-order chi connectivity index (χ1) is 16.5. The molecule has 0 unspecified atom stereocenters. The highest BCUT2D eigenvalue weighted by Crippen LogP contribution is 2.30. The van der Waals surface area contributed by atoms with E-state index in [9.17, 15) is 9.59 Å². The molecule has 0 saturated carbocycles. The van der Waals surface area contributed by atoms with E-state index in [0.717, 1.165) is 53.3 Å². The van der Waals surface area contributed by atoms with Crippen molar-refractivity contribution in [2.45, 2.75) is 13.5 Å². The molecule has 8 heteroatoms. The fourth-order valence-corrected chi connectivity index (χ4v) is 5.23. The maximum Gasteiger partial charge on any atom is 0.261 e. The molecule has 1 fully saturated rings. The van der Waals surface area contributed by atoms with Gasteiger partial charge in [0.1, 0.15) is 4.83 Å². The minimum Gasteiger partial charge on any atom is -0.347 e. The second-order valence-corrected chi connectivity index (χ2v) is 9.67. The van der Waals surface area contributed by atoms with E-state index in [1.165, 1.54) is 11.3 Å². The quantitative estimate of drug-likeness (QED) is 0.480. The molecule has 1 saturated heterocycles. The Morgan fingerprint density at radius 2 is 1.71 bits per heavy atom. The van der Waals surface area contributed by atoms with Crippen LogP contribution in [0.5, 0.6) is 0 Å². The normalized spacial score (nSPS) is 14.5. The van der Waals surface area contributed by atoms with Crippen LogP contribution < -0.4 is 5.32 Å². The predicted molar refractivity (Wildman–Crippen MR) is 135 cm³/mol. The standard InChI is InChI=1S/C26H27N5O2S/c1-18-22-16-23(34-26(22)31(28-18)21-6-4-3-5-7-21)24(32)27-17-19-8-10-20(11-9-19)25(33)30-14-12-29(2)13-15-30/h3-11,16H,12-15,17H2,1-2H3,(H,27,32). The molecule has 1 N–H and O–H groups in total. The Bertz CT molecular complexity index is 1320. The van der Waals surface area contributed by atoms with Crippen molar-refractivity contribution >= 4 is 33.4 Å². The molecule has 0 spiro atoms. The van der Waals surface area contributed by atoms with Gasteiger partial charge >= 0.3 is 0 Å². The summed E-state index contributed by atoms with van der Waals surface area (Å²) >= 11 is 1.44. The van der Waals surface area contributed by atoms with Crippen LogP contribution >= 0.6 is 11.3 Å². The number of aryl methyl sites for hydroxylation is 1. The van der Waals surface area contributed by atoms with Crippen molar-refractivity contribution in [1.29, 1.82) is 0 Å². The Morgan fingerprint density at radius 3 is 2.41 bits per heavy atom. The number of carbonyl (C=O) groups excluding carboxylic acids is 2. The Balaban J connectivity index is 1.24. The first-order valence-electron chi connectivity index (χ1n) is 11.4. The van der Waals surface area contributed by atoms with Gasteiger partial charge in [0.2, 0.25) is 0 Å². The van der Waals surface area contributed by atoms with Gasteiger partial charge in [0.25, 0.3) is 11.8 Å². The highest BCUT2D eigenvalue weighted by Gasteiger charge is 2.20. The van der Waals surface area contributed by atoms with E-state index in [0.29, 0.717) is 17.0 Å². The Morgan fingerprint density at radius 1 is 1.00 bits per heavy atom. The monoisotopic (exact) mass is 473 g/mol. The molecule has 0 atom stereocenters. The second-order valence-electron chi connectivity index (χ2n) is 8.64. The molecular weight excluding hydrogens is 446 g/mol. The molecule has 2 aromatic heterocycles. The lowest BCUT2D eigenvalue weighted by atomic mass is 10.1. The third kappa shape index (κ3) is 4.47. The number of aromatic nitrogens is 2. The number of thiophene rings is 1. The van der Waals surface area contributed by atoms with Gasteiger partial charge in [-0.1, -0.05) is 30.3 Å². The molecule has 7 nitrogen and oxygen atoms in total. The van der Waals surface area contributed by atoms with Gasteiger partial charge in [-0.05, 0) is 49.9 Å². The predicted octanol–water partition coefficient (Wildman–Crippen LogP) is 3.71. The van der Waals surface area contributed by atoms with E-state index in [4.69, 9.17) is 0 Å². The molecule has 34 heavy (non-hydrogen) atoms. The third-order valence-corrected chi connectivity index (χ3v) is 7.32. The largest absolute Gasteiger partial charge is 0.347 e. The Hall–Kier alpha value is -3.49. The summed E-state index contributed by atoms with van der Waals surface area (Å²) < 4.78 is 1.89. The summed E-state index contributed by atoms with van der Waals surface area (Å²) in [6.07, 6.45) is 0. The lowest BCUT2D eigenvalue weighted by molar-refractivity contribution is 0.0664. The van der Waals surface area contributed by atoms with E-state index in [-0.39, 0.29) is 11.8 Å². The van der Waals surface area contributed by atoms with Crippen LogP contribution in [0.2, 0.25) is 0 Å². The van der Waals surface area contributed by atoms with Gasteiger partial charge in [-0.3, -0.25) is 9.59 Å². The van der Waals surface area contributed by atoms with Crippen LogP contribution in [0.4, 0.5) is 0 Å². The first kappa shape index (κ1) is 22.3. The average Bonchev–Trinajstić information content (AvgIpc) is 3.44. The summed E-state index contributed by atoms with van der Waals surface area (Å²) in [5.41, 5.74) is 3.51. The van der Waals surface area contributed by atoms with Gasteiger partial charge in [0.15, 0.2) is 0 Å². The number of nitrogens with zero attached hydrogens (tertiary/aromatic N) is 4. The summed E-state index contributed by atoms with van der Waals surface area (Å²) in [4.78, 5) is 31.3. The lowest BCUT2D eigenvalue weighted by Gasteiger charge is -2.32. The minimum atomic E-state index is -0.113. The zero-order valence-electron chi connectivity index (χ0n) is 19.3. The first-order valence-corrected chi connectivity index (χ1v) is 12.2. The molecule has 4 aromatic rings. The number of benzene rings is 2. The van der Waals surface area contributed by atoms with Crippen LogP contribution in [-0.2, 0) is 6.54 Å². The van der Waals surface area contributed by atoms with Crippen LogP contribution in [0.3, 0.4) is 0 Å². The van der Waals surface area contributed by atoms with Crippen LogP contribution in [0.15, 0.2) is 60.7 Å². The zero-order valence-corrected chi connectivity index (χ0v) is 20.1. The Kier molecular flexibility index (Phi) is 6.17. The molecule has 2 amide bonds. The highest BCUT2D eigenvalue weighted by atomic mass is 32.1. The number of likely N-dealkylation sites (N-methyl/N-ethyl adjacent to an activating group) is 1. The number of amides is 2. The fraction of sp³-hybridized carbons (Fsp3) is 0.269. The van der Waals surface area contributed by atoms with Gasteiger partial charge in [-0.15, -0.1) is 11.3 Å². The number of hydrogen-bond acceptors (Lipinski definition) is 5. The summed E-state index contributed by atoms with van der Waals surface area (Å²) in [5, 5.41) is 8.63. The number of carbonyl (C=O) groups is 2. The smallest absolute Gasteiger partial charge is 0.261 e. The summed E-state index contributed by atoms with van der Waals surface area (Å²) in [7, 11) is 2.07. The van der Waals surface area contributed by atoms with Gasteiger partial charge in [-0.25, -0.2) is 4.68 Å². The van der Waals surface area contributed by atoms with Crippen molar-refractivity contribution in [2.24, 2.45) is 0 Å². The number of hydrogen-bond donors (Lipinski definition) is 1. The number of para-hydroxylation sites is 1. The molecule has 2 aromatic carbocycles. The fourth-order valence-electron chi connectivity index (χ4n) is 4.13. The maximum atomic E-state index is 12.9. The lowest BCUT2D eigenvalue weighted by Crippen LogP contribution is -2.47. The summed E-state index contributed by atoms with van der Waals surface area (Å²) in [6, 6.07) is 19.4. The number of nitrogens with one attached hydrogen (secondary N) is 1. The van der Waals surface area contributed by atoms with E-state index >= 15 is 0 Å². The molecule has 3 heterocycles. The molecule has 0 aliphatic carbocycles. The molecular formula is C26H27N5O2S. The van der Waals surface area contributed by atoms with E-state index < -0.39 is 0 Å². The average molecular weight is 474 g/mol. The summed E-state index contributed by atoms with van der Waals surface area (Å²) in [6.45, 7) is 5.67. The third-order valence-electron chi connectivity index (χ3n) is 6.21. The molecule has 0 bridgehead atoms. The number of piperazine rings is 1. The molecule has 0 radical (unpaired) electrons. The van der Waals surface area contributed by atoms with Gasteiger partial charge < -0.3 is 15.1 Å². The molecule has 174 valence electrons. The zero-order chi connectivity index (χ0) is 23.7. The Labute approximate surface area is 202 Å². The van der Waals surface area contributed by atoms with Crippen LogP contribution in [0.1, 0.15) is 31.3 Å². The van der Waals surface area contributed by atoms with E-state index in [1.54, 1.807) is 0 Å². The van der Waals surface area contributed by atoms with Crippen molar-refractivity contribution < 1.29 is 9.59 Å². The SMILES string of the molecule is Cc1nn(-c2ccccc2)c2sc(C(=O)NCc3ccc(C(=O)N4CCN(C)CC4)cc3)cc12. The van der Waals surface area contributed by atoms with E-state index in [1.807, 2.05) is 77.2 Å². The van der Waals surface area contributed by atoms with Crippen molar-refractivity contribution in [1.82, 2.24) is 24.9 Å². The molecule has 5 rings (SSSR count). The van der Waals surface area contributed by atoms with Crippen molar-refractivity contribution in [3.8, 4) is 5.69 Å². The summed E-state index contributed by atoms with van der Waals surface area (Å²) in [5.74, 6) is -0.0467. The van der Waals surface area contributed by atoms with Crippen molar-refractivity contribution in [3.05, 3.63) is 82.4 Å². The van der Waals surface area contributed by atoms with Crippen molar-refractivity contribution in [3.63, 3.8) is 0 Å². The minimum absolute atomic E-state index is 0.0665. The second kappa shape index (κ2) is 9.40. The van der Waals surface area contributed by atoms with Crippen LogP contribution in [0.25, 0.3) is 15.9 Å². The highest BCUT2D eigenvalue weighted by molar-refractivity contribution is 7.20.